The first-order chi connectivity index (χ1) is 14.8. The van der Waals surface area contributed by atoms with Gasteiger partial charge in [-0.25, -0.2) is 14.8 Å². The molecule has 3 heterocycles. The number of nitrogens with one attached hydrogen (secondary N) is 2. The molecule has 1 aromatic carbocycles. The van der Waals surface area contributed by atoms with E-state index in [-0.39, 0.29) is 12.0 Å². The van der Waals surface area contributed by atoms with Crippen LogP contribution >= 0.6 is 0 Å². The number of benzene rings is 1. The molecule has 0 unspecified atom stereocenters. The van der Waals surface area contributed by atoms with Gasteiger partial charge in [-0.15, -0.1) is 0 Å². The highest BCUT2D eigenvalue weighted by atomic mass is 16.6. The van der Waals surface area contributed by atoms with Crippen LogP contribution < -0.4 is 10.2 Å². The summed E-state index contributed by atoms with van der Waals surface area (Å²) in [6, 6.07) is 11.0. The number of para-hydroxylation sites is 1. The predicted molar refractivity (Wildman–Crippen MR) is 118 cm³/mol. The van der Waals surface area contributed by atoms with Crippen molar-refractivity contribution in [1.29, 1.82) is 0 Å². The summed E-state index contributed by atoms with van der Waals surface area (Å²) in [4.78, 5) is 40.5. The molecule has 2 aromatic heterocycles. The van der Waals surface area contributed by atoms with Gasteiger partial charge in [-0.3, -0.25) is 4.79 Å². The first-order valence-corrected chi connectivity index (χ1v) is 10.2. The van der Waals surface area contributed by atoms with Crippen LogP contribution in [0.15, 0.2) is 42.7 Å². The Hall–Kier alpha value is -3.62. The molecule has 9 heteroatoms. The van der Waals surface area contributed by atoms with Gasteiger partial charge < -0.3 is 24.8 Å². The third-order valence-electron chi connectivity index (χ3n) is 4.91. The smallest absolute Gasteiger partial charge is 0.410 e. The van der Waals surface area contributed by atoms with Crippen molar-refractivity contribution in [3.8, 4) is 0 Å². The van der Waals surface area contributed by atoms with Crippen molar-refractivity contribution < 1.29 is 14.3 Å². The Morgan fingerprint density at radius 3 is 2.45 bits per heavy atom. The maximum Gasteiger partial charge on any atom is 0.410 e. The molecule has 31 heavy (non-hydrogen) atoms. The van der Waals surface area contributed by atoms with Gasteiger partial charge in [0, 0.05) is 31.9 Å². The number of hydrogen-bond donors (Lipinski definition) is 2. The normalized spacial score (nSPS) is 14.5. The molecule has 1 aliphatic rings. The molecule has 0 atom stereocenters. The number of rotatable bonds is 3. The van der Waals surface area contributed by atoms with Crippen molar-refractivity contribution in [2.45, 2.75) is 26.4 Å². The molecule has 2 amide bonds. The van der Waals surface area contributed by atoms with E-state index in [1.54, 1.807) is 11.0 Å². The van der Waals surface area contributed by atoms with Gasteiger partial charge >= 0.3 is 6.09 Å². The lowest BCUT2D eigenvalue weighted by Crippen LogP contribution is -2.50. The molecule has 0 bridgehead atoms. The molecule has 3 aromatic rings. The second-order valence-electron chi connectivity index (χ2n) is 8.42. The lowest BCUT2D eigenvalue weighted by molar-refractivity contribution is 0.0240. The summed E-state index contributed by atoms with van der Waals surface area (Å²) >= 11 is 0. The highest BCUT2D eigenvalue weighted by Crippen LogP contribution is 2.25. The summed E-state index contributed by atoms with van der Waals surface area (Å²) in [5.41, 5.74) is 1.20. The third kappa shape index (κ3) is 4.76. The summed E-state index contributed by atoms with van der Waals surface area (Å²) < 4.78 is 5.46. The Balaban J connectivity index is 1.48. The topological polar surface area (TPSA) is 103 Å². The van der Waals surface area contributed by atoms with E-state index >= 15 is 0 Å². The lowest BCUT2D eigenvalue weighted by Gasteiger charge is -2.36. The van der Waals surface area contributed by atoms with Crippen LogP contribution in [0.4, 0.5) is 16.3 Å². The monoisotopic (exact) mass is 422 g/mol. The van der Waals surface area contributed by atoms with Crippen LogP contribution in [-0.2, 0) is 4.74 Å². The van der Waals surface area contributed by atoms with Crippen molar-refractivity contribution in [3.63, 3.8) is 0 Å². The maximum absolute atomic E-state index is 12.6. The summed E-state index contributed by atoms with van der Waals surface area (Å²) in [6.45, 7) is 7.87. The van der Waals surface area contributed by atoms with Gasteiger partial charge in [0.05, 0.1) is 5.39 Å². The lowest BCUT2D eigenvalue weighted by atomic mass is 10.2. The van der Waals surface area contributed by atoms with Crippen LogP contribution in [-0.4, -0.2) is 63.6 Å². The van der Waals surface area contributed by atoms with Gasteiger partial charge in [-0.2, -0.15) is 0 Å². The van der Waals surface area contributed by atoms with E-state index in [4.69, 9.17) is 4.74 Å². The molecule has 0 saturated carbocycles. The second kappa shape index (κ2) is 8.25. The van der Waals surface area contributed by atoms with Gasteiger partial charge in [0.25, 0.3) is 5.91 Å². The maximum atomic E-state index is 12.6. The van der Waals surface area contributed by atoms with Crippen LogP contribution in [0, 0.1) is 0 Å². The first kappa shape index (κ1) is 20.6. The Kier molecular flexibility index (Phi) is 5.50. The molecule has 1 saturated heterocycles. The fraction of sp³-hybridized carbons (Fsp3) is 0.364. The van der Waals surface area contributed by atoms with Crippen molar-refractivity contribution in [2.24, 2.45) is 0 Å². The van der Waals surface area contributed by atoms with Crippen molar-refractivity contribution in [2.75, 3.05) is 36.4 Å². The van der Waals surface area contributed by atoms with Crippen LogP contribution in [0.2, 0.25) is 0 Å². The fourth-order valence-electron chi connectivity index (χ4n) is 3.45. The number of hydrogen-bond acceptors (Lipinski definition) is 6. The van der Waals surface area contributed by atoms with Gasteiger partial charge in [-0.05, 0) is 39.0 Å². The number of piperazine rings is 1. The molecular formula is C22H26N6O3. The number of ether oxygens (including phenoxy) is 1. The first-order valence-electron chi connectivity index (χ1n) is 10.2. The molecule has 1 aliphatic heterocycles. The Bertz CT molecular complexity index is 1080. The summed E-state index contributed by atoms with van der Waals surface area (Å²) in [5.74, 6) is 0.494. The summed E-state index contributed by atoms with van der Waals surface area (Å²) in [6.07, 6.45) is 1.18. The highest BCUT2D eigenvalue weighted by molar-refractivity contribution is 6.06. The van der Waals surface area contributed by atoms with Crippen molar-refractivity contribution >= 4 is 34.5 Å². The highest BCUT2D eigenvalue weighted by Gasteiger charge is 2.27. The van der Waals surface area contributed by atoms with Crippen molar-refractivity contribution in [1.82, 2.24) is 19.9 Å². The molecule has 4 rings (SSSR count). The van der Waals surface area contributed by atoms with Crippen LogP contribution in [0.1, 0.15) is 31.3 Å². The van der Waals surface area contributed by atoms with Crippen LogP contribution in [0.25, 0.3) is 11.0 Å². The average Bonchev–Trinajstić information content (AvgIpc) is 3.18. The minimum Gasteiger partial charge on any atom is -0.444 e. The van der Waals surface area contributed by atoms with Crippen LogP contribution in [0.5, 0.6) is 0 Å². The fourth-order valence-corrected chi connectivity index (χ4v) is 3.45. The molecular weight excluding hydrogens is 396 g/mol. The zero-order chi connectivity index (χ0) is 22.0. The predicted octanol–water partition coefficient (Wildman–Crippen LogP) is 3.27. The standard InChI is InChI=1S/C22H26N6O3/c1-22(2,3)31-21(30)28-11-9-27(10-12-28)19-16-13-17(26-18(16)23-14-24-19)20(29)25-15-7-5-4-6-8-15/h4-8,13-14H,9-12H2,1-3H3,(H,25,29)(H,23,24,26). The number of nitrogens with zero attached hydrogens (tertiary/aromatic N) is 4. The second-order valence-corrected chi connectivity index (χ2v) is 8.42. The zero-order valence-electron chi connectivity index (χ0n) is 17.9. The number of carbonyl (C=O) groups excluding carboxylic acids is 2. The molecule has 162 valence electrons. The largest absolute Gasteiger partial charge is 0.444 e. The van der Waals surface area contributed by atoms with Gasteiger partial charge in [0.15, 0.2) is 0 Å². The van der Waals surface area contributed by atoms with E-state index in [0.29, 0.717) is 37.5 Å². The van der Waals surface area contributed by atoms with E-state index in [1.165, 1.54) is 6.33 Å². The Morgan fingerprint density at radius 2 is 1.77 bits per heavy atom. The molecule has 9 nitrogen and oxygen atoms in total. The summed E-state index contributed by atoms with van der Waals surface area (Å²) in [7, 11) is 0. The number of aromatic nitrogens is 3. The number of aromatic amines is 1. The number of amides is 2. The van der Waals surface area contributed by atoms with Crippen molar-refractivity contribution in [3.05, 3.63) is 48.4 Å². The molecule has 0 spiro atoms. The molecule has 0 aliphatic carbocycles. The Morgan fingerprint density at radius 1 is 1.06 bits per heavy atom. The molecule has 0 radical (unpaired) electrons. The zero-order valence-corrected chi connectivity index (χ0v) is 17.9. The minimum atomic E-state index is -0.519. The summed E-state index contributed by atoms with van der Waals surface area (Å²) in [5, 5.41) is 3.63. The van der Waals surface area contributed by atoms with E-state index in [1.807, 2.05) is 51.1 Å². The molecule has 1 fully saturated rings. The quantitative estimate of drug-likeness (QED) is 0.671. The number of carbonyl (C=O) groups is 2. The number of H-pyrrole nitrogens is 1. The van der Waals surface area contributed by atoms with Gasteiger partial charge in [0.2, 0.25) is 0 Å². The average molecular weight is 422 g/mol. The third-order valence-corrected chi connectivity index (χ3v) is 4.91. The van der Waals surface area contributed by atoms with E-state index in [9.17, 15) is 9.59 Å². The number of anilines is 2. The minimum absolute atomic E-state index is 0.245. The Labute approximate surface area is 180 Å². The van der Waals surface area contributed by atoms with E-state index in [2.05, 4.69) is 25.2 Å². The van der Waals surface area contributed by atoms with E-state index < -0.39 is 5.60 Å². The van der Waals surface area contributed by atoms with Gasteiger partial charge in [-0.1, -0.05) is 18.2 Å². The van der Waals surface area contributed by atoms with Gasteiger partial charge in [0.1, 0.15) is 29.1 Å². The number of fused-ring (bicyclic) bond motifs is 1. The van der Waals surface area contributed by atoms with E-state index in [0.717, 1.165) is 16.9 Å². The SMILES string of the molecule is CC(C)(C)OC(=O)N1CCN(c2ncnc3[nH]c(C(=O)Nc4ccccc4)cc23)CC1. The van der Waals surface area contributed by atoms with Crippen LogP contribution in [0.3, 0.4) is 0 Å². The molecule has 2 N–H and O–H groups in total.